The number of rotatable bonds is 57. The van der Waals surface area contributed by atoms with Crippen LogP contribution in [0, 0.1) is 0 Å². The average Bonchev–Trinajstić information content (AvgIpc) is 3.38. The molecular formula is C66H119NO8P+. The summed E-state index contributed by atoms with van der Waals surface area (Å²) in [4.78, 5) is 35.6. The molecule has 2 atom stereocenters. The van der Waals surface area contributed by atoms with Gasteiger partial charge < -0.3 is 18.9 Å². The molecule has 0 fully saturated rings. The largest absolute Gasteiger partial charge is 0.472 e. The number of allylic oxidation sites excluding steroid dienone is 14. The van der Waals surface area contributed by atoms with Crippen LogP contribution in [0.4, 0.5) is 0 Å². The van der Waals surface area contributed by atoms with E-state index in [4.69, 9.17) is 18.5 Å². The van der Waals surface area contributed by atoms with Gasteiger partial charge in [-0.1, -0.05) is 272 Å². The lowest BCUT2D eigenvalue weighted by Gasteiger charge is -2.24. The van der Waals surface area contributed by atoms with Gasteiger partial charge in [-0.15, -0.1) is 0 Å². The molecule has 0 amide bonds. The van der Waals surface area contributed by atoms with E-state index in [0.717, 1.165) is 77.0 Å². The van der Waals surface area contributed by atoms with Crippen molar-refractivity contribution in [2.45, 2.75) is 277 Å². The Labute approximate surface area is 469 Å². The maximum Gasteiger partial charge on any atom is 0.472 e. The monoisotopic (exact) mass is 1080 g/mol. The van der Waals surface area contributed by atoms with Gasteiger partial charge in [-0.2, -0.15) is 0 Å². The summed E-state index contributed by atoms with van der Waals surface area (Å²) < 4.78 is 34.5. The van der Waals surface area contributed by atoms with Crippen LogP contribution >= 0.6 is 7.82 Å². The van der Waals surface area contributed by atoms with E-state index in [0.29, 0.717) is 23.9 Å². The Hall–Kier alpha value is -2.81. The molecule has 440 valence electrons. The summed E-state index contributed by atoms with van der Waals surface area (Å²) >= 11 is 0. The van der Waals surface area contributed by atoms with Crippen LogP contribution in [0.2, 0.25) is 0 Å². The fourth-order valence-corrected chi connectivity index (χ4v) is 9.39. The summed E-state index contributed by atoms with van der Waals surface area (Å²) in [6, 6.07) is 0. The third-order valence-corrected chi connectivity index (χ3v) is 14.4. The number of likely N-dealkylation sites (N-methyl/N-ethyl adjacent to an activating group) is 1. The number of phosphoric ester groups is 1. The summed E-state index contributed by atoms with van der Waals surface area (Å²) in [6.07, 6.45) is 76.9. The molecule has 0 aliphatic carbocycles. The van der Waals surface area contributed by atoms with Gasteiger partial charge in [-0.05, 0) is 70.6 Å². The molecule has 0 bridgehead atoms. The second kappa shape index (κ2) is 56.9. The van der Waals surface area contributed by atoms with Gasteiger partial charge in [0, 0.05) is 12.8 Å². The second-order valence-corrected chi connectivity index (χ2v) is 23.5. The van der Waals surface area contributed by atoms with Gasteiger partial charge in [0.1, 0.15) is 19.8 Å². The lowest BCUT2D eigenvalue weighted by molar-refractivity contribution is -0.870. The minimum atomic E-state index is -4.38. The third-order valence-electron chi connectivity index (χ3n) is 13.4. The first-order valence-electron chi connectivity index (χ1n) is 31.3. The Morgan fingerprint density at radius 2 is 0.750 bits per heavy atom. The van der Waals surface area contributed by atoms with Crippen molar-refractivity contribution >= 4 is 19.8 Å². The van der Waals surface area contributed by atoms with E-state index in [9.17, 15) is 19.0 Å². The molecule has 0 aliphatic heterocycles. The topological polar surface area (TPSA) is 108 Å². The molecule has 2 unspecified atom stereocenters. The molecular weight excluding hydrogens is 966 g/mol. The van der Waals surface area contributed by atoms with Crippen molar-refractivity contribution in [2.75, 3.05) is 47.5 Å². The summed E-state index contributed by atoms with van der Waals surface area (Å²) in [5, 5.41) is 0. The lowest BCUT2D eigenvalue weighted by Crippen LogP contribution is -2.37. The highest BCUT2D eigenvalue weighted by Crippen LogP contribution is 2.43. The minimum absolute atomic E-state index is 0.0324. The molecule has 10 heteroatoms. The van der Waals surface area contributed by atoms with Crippen LogP contribution in [0.1, 0.15) is 271 Å². The van der Waals surface area contributed by atoms with Crippen molar-refractivity contribution < 1.29 is 42.1 Å². The number of unbranched alkanes of at least 4 members (excludes halogenated alkanes) is 29. The van der Waals surface area contributed by atoms with E-state index in [1.807, 2.05) is 21.1 Å². The number of quaternary nitrogens is 1. The molecule has 0 radical (unpaired) electrons. The molecule has 0 heterocycles. The van der Waals surface area contributed by atoms with E-state index >= 15 is 0 Å². The van der Waals surface area contributed by atoms with Crippen molar-refractivity contribution in [3.63, 3.8) is 0 Å². The van der Waals surface area contributed by atoms with Crippen molar-refractivity contribution in [1.29, 1.82) is 0 Å². The normalized spacial score (nSPS) is 13.8. The van der Waals surface area contributed by atoms with Crippen LogP contribution in [0.15, 0.2) is 85.1 Å². The smallest absolute Gasteiger partial charge is 0.462 e. The Morgan fingerprint density at radius 3 is 1.12 bits per heavy atom. The molecule has 0 aromatic carbocycles. The van der Waals surface area contributed by atoms with Gasteiger partial charge in [0.25, 0.3) is 0 Å². The zero-order valence-electron chi connectivity index (χ0n) is 50.0. The molecule has 0 rings (SSSR count). The maximum atomic E-state index is 12.8. The van der Waals surface area contributed by atoms with Crippen LogP contribution in [-0.2, 0) is 32.7 Å². The molecule has 0 aromatic heterocycles. The quantitative estimate of drug-likeness (QED) is 0.0211. The summed E-state index contributed by atoms with van der Waals surface area (Å²) in [6.45, 7) is 4.32. The van der Waals surface area contributed by atoms with E-state index < -0.39 is 26.5 Å². The highest BCUT2D eigenvalue weighted by Gasteiger charge is 2.27. The van der Waals surface area contributed by atoms with Crippen LogP contribution in [0.25, 0.3) is 0 Å². The van der Waals surface area contributed by atoms with Crippen LogP contribution in [0.3, 0.4) is 0 Å². The predicted molar refractivity (Wildman–Crippen MR) is 325 cm³/mol. The number of carbonyl (C=O) groups excluding carboxylic acids is 2. The summed E-state index contributed by atoms with van der Waals surface area (Å²) in [5.74, 6) is -0.790. The van der Waals surface area contributed by atoms with Crippen molar-refractivity contribution in [1.82, 2.24) is 0 Å². The minimum Gasteiger partial charge on any atom is -0.462 e. The molecule has 0 saturated heterocycles. The number of esters is 2. The van der Waals surface area contributed by atoms with E-state index in [-0.39, 0.29) is 25.6 Å². The molecule has 1 N–H and O–H groups in total. The first kappa shape index (κ1) is 73.2. The molecule has 9 nitrogen and oxygen atoms in total. The van der Waals surface area contributed by atoms with Gasteiger partial charge >= 0.3 is 19.8 Å². The lowest BCUT2D eigenvalue weighted by atomic mass is 10.0. The first-order valence-corrected chi connectivity index (χ1v) is 32.8. The highest BCUT2D eigenvalue weighted by molar-refractivity contribution is 7.47. The number of carbonyl (C=O) groups is 2. The standard InChI is InChI=1S/C66H118NO8P/c1-6-8-10-12-14-16-18-19-20-21-22-23-24-25-26-27-28-29-30-31-32-33-34-35-36-37-38-39-40-41-42-43-44-45-46-47-49-51-53-55-57-59-66(69)75-64(63-74-76(70,71)73-61-60-67(3,4)5)62-72-65(68)58-56-54-52-50-48-17-15-13-11-9-7-2/h8,10,14,16,19-20,22-23,25-26,28-29,31-32,64H,6-7,9,11-13,15,17-18,21,24,27,30,33-63H2,1-5H3/p+1/b10-8-,16-14-,20-19-,23-22-,26-25-,29-28-,32-31-. The molecule has 0 saturated carbocycles. The number of nitrogens with zero attached hydrogens (tertiary/aromatic N) is 1. The third kappa shape index (κ3) is 60.4. The fraction of sp³-hybridized carbons (Fsp3) is 0.758. The van der Waals surface area contributed by atoms with Crippen LogP contribution < -0.4 is 0 Å². The molecule has 0 spiro atoms. The Balaban J connectivity index is 3.90. The number of phosphoric acid groups is 1. The van der Waals surface area contributed by atoms with Gasteiger partial charge in [0.2, 0.25) is 0 Å². The number of hydrogen-bond donors (Lipinski definition) is 1. The zero-order valence-corrected chi connectivity index (χ0v) is 50.9. The Kier molecular flexibility index (Phi) is 54.8. The molecule has 0 aliphatic rings. The molecule has 76 heavy (non-hydrogen) atoms. The SMILES string of the molecule is CC/C=C\C/C=C\C/C=C\C/C=C\C/C=C\C/C=C\C/C=C\CCCCCCCCCCCCCCCCCCCCCC(=O)OC(COC(=O)CCCCCCCCCCCCC)COP(=O)(O)OCC[N+](C)(C)C. The van der Waals surface area contributed by atoms with Crippen LogP contribution in [0.5, 0.6) is 0 Å². The van der Waals surface area contributed by atoms with Crippen molar-refractivity contribution in [2.24, 2.45) is 0 Å². The van der Waals surface area contributed by atoms with E-state index in [1.54, 1.807) is 0 Å². The molecule has 0 aromatic rings. The first-order chi connectivity index (χ1) is 37.0. The van der Waals surface area contributed by atoms with E-state index in [1.165, 1.54) is 161 Å². The van der Waals surface area contributed by atoms with Gasteiger partial charge in [-0.3, -0.25) is 18.6 Å². The van der Waals surface area contributed by atoms with Gasteiger partial charge in [-0.25, -0.2) is 4.57 Å². The number of ether oxygens (including phenoxy) is 2. The summed E-state index contributed by atoms with van der Waals surface area (Å²) in [7, 11) is 1.48. The zero-order chi connectivity index (χ0) is 55.6. The van der Waals surface area contributed by atoms with Gasteiger partial charge in [0.05, 0.1) is 27.7 Å². The Morgan fingerprint density at radius 1 is 0.421 bits per heavy atom. The van der Waals surface area contributed by atoms with Gasteiger partial charge in [0.15, 0.2) is 6.10 Å². The average molecular weight is 1090 g/mol. The van der Waals surface area contributed by atoms with Crippen LogP contribution in [-0.4, -0.2) is 74.9 Å². The Bertz CT molecular complexity index is 1560. The summed E-state index contributed by atoms with van der Waals surface area (Å²) in [5.41, 5.74) is 0. The van der Waals surface area contributed by atoms with Crippen molar-refractivity contribution in [3.8, 4) is 0 Å². The number of hydrogen-bond acceptors (Lipinski definition) is 7. The highest BCUT2D eigenvalue weighted by atomic mass is 31.2. The fourth-order valence-electron chi connectivity index (χ4n) is 8.64. The van der Waals surface area contributed by atoms with E-state index in [2.05, 4.69) is 98.9 Å². The predicted octanol–water partition coefficient (Wildman–Crippen LogP) is 19.8. The maximum absolute atomic E-state index is 12.8. The second-order valence-electron chi connectivity index (χ2n) is 22.1. The van der Waals surface area contributed by atoms with Crippen molar-refractivity contribution in [3.05, 3.63) is 85.1 Å².